The van der Waals surface area contributed by atoms with Crippen molar-refractivity contribution in [2.24, 2.45) is 0 Å². The van der Waals surface area contributed by atoms with Gasteiger partial charge in [0.2, 0.25) is 5.88 Å². The molecule has 0 bridgehead atoms. The molecule has 10 nitrogen and oxygen atoms in total. The minimum atomic E-state index is -0.704. The van der Waals surface area contributed by atoms with Gasteiger partial charge in [0, 0.05) is 25.5 Å². The molecule has 5 aromatic rings. The van der Waals surface area contributed by atoms with Crippen LogP contribution in [0.4, 0.5) is 8.78 Å². The molecular weight excluding hydrogens is 598 g/mol. The molecule has 0 unspecified atom stereocenters. The van der Waals surface area contributed by atoms with Gasteiger partial charge in [-0.2, -0.15) is 0 Å². The van der Waals surface area contributed by atoms with Crippen molar-refractivity contribution in [3.05, 3.63) is 99.7 Å². The van der Waals surface area contributed by atoms with Crippen LogP contribution < -0.4 is 19.8 Å². The average molecular weight is 629 g/mol. The Morgan fingerprint density at radius 2 is 1.85 bits per heavy atom. The first-order valence-electron chi connectivity index (χ1n) is 15.1. The Kier molecular flexibility index (Phi) is 7.95. The van der Waals surface area contributed by atoms with Gasteiger partial charge in [-0.05, 0) is 73.7 Å². The molecule has 0 spiro atoms. The highest BCUT2D eigenvalue weighted by molar-refractivity contribution is 5.98. The van der Waals surface area contributed by atoms with Crippen LogP contribution in [0, 0.1) is 11.6 Å². The highest BCUT2D eigenvalue weighted by atomic mass is 19.1. The van der Waals surface area contributed by atoms with Gasteiger partial charge in [0.25, 0.3) is 5.56 Å². The van der Waals surface area contributed by atoms with Gasteiger partial charge < -0.3 is 18.9 Å². The van der Waals surface area contributed by atoms with E-state index in [0.717, 1.165) is 25.7 Å². The minimum Gasteiger partial charge on any atom is -0.493 e. The SMILES string of the molecule is COc1cc2c(Oc3ccc(CC(=O)c4c5n(n(-c6ccc(F)cc6)c4=O)CCCC5)cc3F)ncnc2cc1O[C@H]1CCCO1. The standard InChI is InChI=1S/C34H30F2N4O6/c1-43-29-17-23-25(18-30(29)45-31-6-4-14-44-31)37-19-38-33(23)46-28-12-7-20(15-24(28)36)16-27(41)32-26-5-2-3-13-39(26)40(34(32)42)22-10-8-21(35)9-11-22/h7-12,15,17-19,31H,2-6,13-14,16H2,1H3/t31-/m0/s1. The van der Waals surface area contributed by atoms with Gasteiger partial charge in [0.15, 0.2) is 35.1 Å². The lowest BCUT2D eigenvalue weighted by atomic mass is 9.99. The number of aromatic nitrogens is 4. The topological polar surface area (TPSA) is 107 Å². The van der Waals surface area contributed by atoms with Crippen LogP contribution in [0.25, 0.3) is 16.6 Å². The van der Waals surface area contributed by atoms with Crippen molar-refractivity contribution in [1.29, 1.82) is 0 Å². The fourth-order valence-electron chi connectivity index (χ4n) is 6.02. The van der Waals surface area contributed by atoms with Gasteiger partial charge in [-0.1, -0.05) is 6.07 Å². The molecule has 3 aromatic carbocycles. The number of carbonyl (C=O) groups excluding carboxylic acids is 1. The van der Waals surface area contributed by atoms with Crippen LogP contribution in [0.15, 0.2) is 65.7 Å². The zero-order valence-electron chi connectivity index (χ0n) is 25.0. The number of ether oxygens (including phenoxy) is 4. The van der Waals surface area contributed by atoms with E-state index in [1.54, 1.807) is 22.9 Å². The Morgan fingerprint density at radius 1 is 1.00 bits per heavy atom. The lowest BCUT2D eigenvalue weighted by Crippen LogP contribution is -2.24. The molecule has 4 heterocycles. The van der Waals surface area contributed by atoms with Gasteiger partial charge in [-0.25, -0.2) is 23.4 Å². The van der Waals surface area contributed by atoms with Gasteiger partial charge in [0.05, 0.1) is 36.0 Å². The maximum Gasteiger partial charge on any atom is 0.282 e. The monoisotopic (exact) mass is 628 g/mol. The smallest absolute Gasteiger partial charge is 0.282 e. The van der Waals surface area contributed by atoms with Gasteiger partial charge in [-0.3, -0.25) is 14.3 Å². The third kappa shape index (κ3) is 5.60. The summed E-state index contributed by atoms with van der Waals surface area (Å²) >= 11 is 0. The second kappa shape index (κ2) is 12.4. The molecule has 1 saturated heterocycles. The van der Waals surface area contributed by atoms with Crippen LogP contribution in [-0.2, 0) is 24.1 Å². The summed E-state index contributed by atoms with van der Waals surface area (Å²) < 4.78 is 55.1. The van der Waals surface area contributed by atoms with Gasteiger partial charge >= 0.3 is 0 Å². The molecule has 7 rings (SSSR count). The zero-order chi connectivity index (χ0) is 31.8. The van der Waals surface area contributed by atoms with E-state index in [-0.39, 0.29) is 29.9 Å². The molecule has 12 heteroatoms. The number of rotatable bonds is 9. The molecule has 0 N–H and O–H groups in total. The van der Waals surface area contributed by atoms with E-state index < -0.39 is 23.0 Å². The number of carbonyl (C=O) groups is 1. The number of hydrogen-bond donors (Lipinski definition) is 0. The van der Waals surface area contributed by atoms with Crippen molar-refractivity contribution in [1.82, 2.24) is 19.3 Å². The fourth-order valence-corrected chi connectivity index (χ4v) is 6.02. The molecular formula is C34H30F2N4O6. The van der Waals surface area contributed by atoms with Crippen molar-refractivity contribution in [2.75, 3.05) is 13.7 Å². The van der Waals surface area contributed by atoms with Crippen LogP contribution in [0.2, 0.25) is 0 Å². The lowest BCUT2D eigenvalue weighted by Gasteiger charge is -2.19. The first kappa shape index (κ1) is 29.6. The molecule has 236 valence electrons. The number of nitrogens with zero attached hydrogens (tertiary/aromatic N) is 4. The van der Waals surface area contributed by atoms with E-state index in [4.69, 9.17) is 18.9 Å². The van der Waals surface area contributed by atoms with Gasteiger partial charge in [0.1, 0.15) is 17.7 Å². The Balaban J connectivity index is 1.14. The van der Waals surface area contributed by atoms with Crippen LogP contribution in [-0.4, -0.2) is 45.1 Å². The van der Waals surface area contributed by atoms with Crippen molar-refractivity contribution in [3.8, 4) is 28.8 Å². The van der Waals surface area contributed by atoms with E-state index in [0.29, 0.717) is 58.9 Å². The lowest BCUT2D eigenvalue weighted by molar-refractivity contribution is -0.0401. The fraction of sp³-hybridized carbons (Fsp3) is 0.294. The Labute approximate surface area is 262 Å². The zero-order valence-corrected chi connectivity index (χ0v) is 25.0. The second-order valence-electron chi connectivity index (χ2n) is 11.2. The second-order valence-corrected chi connectivity index (χ2v) is 11.2. The predicted octanol–water partition coefficient (Wildman–Crippen LogP) is 5.94. The Bertz CT molecular complexity index is 2000. The largest absolute Gasteiger partial charge is 0.493 e. The number of hydrogen-bond acceptors (Lipinski definition) is 8. The maximum atomic E-state index is 15.4. The predicted molar refractivity (Wildman–Crippen MR) is 163 cm³/mol. The van der Waals surface area contributed by atoms with Crippen LogP contribution in [0.3, 0.4) is 0 Å². The Morgan fingerprint density at radius 3 is 2.61 bits per heavy atom. The molecule has 0 aliphatic carbocycles. The highest BCUT2D eigenvalue weighted by Crippen LogP contribution is 2.38. The van der Waals surface area contributed by atoms with Crippen molar-refractivity contribution in [2.45, 2.75) is 51.4 Å². The molecule has 2 aromatic heterocycles. The number of Topliss-reactive ketones (excluding diaryl/α,β-unsaturated/α-hetero) is 1. The van der Waals surface area contributed by atoms with E-state index in [1.165, 1.54) is 54.5 Å². The summed E-state index contributed by atoms with van der Waals surface area (Å²) in [4.78, 5) is 35.6. The molecule has 0 saturated carbocycles. The number of ketones is 1. The number of benzene rings is 3. The minimum absolute atomic E-state index is 0.0778. The molecule has 2 aliphatic rings. The maximum absolute atomic E-state index is 15.4. The molecule has 1 atom stereocenters. The number of methoxy groups -OCH3 is 1. The number of fused-ring (bicyclic) bond motifs is 2. The van der Waals surface area contributed by atoms with E-state index >= 15 is 4.39 Å². The van der Waals surface area contributed by atoms with E-state index in [9.17, 15) is 14.0 Å². The van der Waals surface area contributed by atoms with Crippen molar-refractivity contribution in [3.63, 3.8) is 0 Å². The molecule has 2 aliphatic heterocycles. The summed E-state index contributed by atoms with van der Waals surface area (Å²) in [5, 5.41) is 0.480. The summed E-state index contributed by atoms with van der Waals surface area (Å²) in [6.07, 6.45) is 4.67. The van der Waals surface area contributed by atoms with Crippen molar-refractivity contribution >= 4 is 16.7 Å². The molecule has 1 fully saturated rings. The van der Waals surface area contributed by atoms with E-state index in [2.05, 4.69) is 9.97 Å². The third-order valence-corrected chi connectivity index (χ3v) is 8.23. The molecule has 0 amide bonds. The van der Waals surface area contributed by atoms with Crippen LogP contribution in [0.5, 0.6) is 23.1 Å². The normalized spacial score (nSPS) is 15.9. The summed E-state index contributed by atoms with van der Waals surface area (Å²) in [7, 11) is 1.51. The summed E-state index contributed by atoms with van der Waals surface area (Å²) in [6, 6.07) is 13.1. The first-order chi connectivity index (χ1) is 22.4. The number of halogens is 2. The van der Waals surface area contributed by atoms with Crippen LogP contribution >= 0.6 is 0 Å². The average Bonchev–Trinajstić information content (AvgIpc) is 3.67. The first-order valence-corrected chi connectivity index (χ1v) is 15.1. The van der Waals surface area contributed by atoms with E-state index in [1.807, 2.05) is 0 Å². The highest BCUT2D eigenvalue weighted by Gasteiger charge is 2.28. The molecule has 46 heavy (non-hydrogen) atoms. The summed E-state index contributed by atoms with van der Waals surface area (Å²) in [5.41, 5.74) is 1.61. The Hall–Kier alpha value is -5.10. The molecule has 0 radical (unpaired) electrons. The quantitative estimate of drug-likeness (QED) is 0.185. The van der Waals surface area contributed by atoms with Gasteiger partial charge in [-0.15, -0.1) is 0 Å². The van der Waals surface area contributed by atoms with Crippen LogP contribution in [0.1, 0.15) is 47.3 Å². The summed E-state index contributed by atoms with van der Waals surface area (Å²) in [5.74, 6) is -0.658. The van der Waals surface area contributed by atoms with Crippen molar-refractivity contribution < 1.29 is 32.5 Å². The summed E-state index contributed by atoms with van der Waals surface area (Å²) in [6.45, 7) is 1.19. The third-order valence-electron chi connectivity index (χ3n) is 8.23.